The molecule has 5 rings (SSSR count). The second-order valence-electron chi connectivity index (χ2n) is 8.39. The maximum absolute atomic E-state index is 15.0. The van der Waals surface area contributed by atoms with Crippen LogP contribution in [-0.4, -0.2) is 39.8 Å². The standard InChI is InChI=1S/C21H23ClFN5O3/c22-13-6-7-15-17(18(13)23)21(31-20(30)25-15)8-3-9-27(11-21)16(29)10-28-19(24)12-4-1-2-5-14(12)26-28/h6-7H,1-5,8-11,24H2,(H,25,30)/t21-/m0/s1. The van der Waals surface area contributed by atoms with Crippen molar-refractivity contribution in [1.82, 2.24) is 14.7 Å². The van der Waals surface area contributed by atoms with Gasteiger partial charge < -0.3 is 15.4 Å². The molecule has 3 aliphatic rings. The van der Waals surface area contributed by atoms with Gasteiger partial charge in [-0.2, -0.15) is 5.10 Å². The summed E-state index contributed by atoms with van der Waals surface area (Å²) in [5.41, 5.74) is 7.46. The van der Waals surface area contributed by atoms with E-state index in [1.54, 1.807) is 15.6 Å². The number of benzene rings is 1. The van der Waals surface area contributed by atoms with E-state index in [0.717, 1.165) is 36.9 Å². The molecule has 1 saturated heterocycles. The number of carbonyl (C=O) groups is 2. The van der Waals surface area contributed by atoms with E-state index in [1.165, 1.54) is 6.07 Å². The van der Waals surface area contributed by atoms with Gasteiger partial charge in [-0.1, -0.05) is 11.6 Å². The third kappa shape index (κ3) is 3.31. The number of nitrogens with two attached hydrogens (primary N) is 1. The van der Waals surface area contributed by atoms with Crippen LogP contribution in [0.25, 0.3) is 0 Å². The van der Waals surface area contributed by atoms with E-state index in [9.17, 15) is 9.59 Å². The van der Waals surface area contributed by atoms with Gasteiger partial charge in [0.25, 0.3) is 0 Å². The summed E-state index contributed by atoms with van der Waals surface area (Å²) < 4.78 is 22.2. The number of nitrogen functional groups attached to an aromatic ring is 1. The van der Waals surface area contributed by atoms with Gasteiger partial charge in [-0.05, 0) is 50.7 Å². The number of ether oxygens (including phenoxy) is 1. The van der Waals surface area contributed by atoms with Gasteiger partial charge >= 0.3 is 6.09 Å². The van der Waals surface area contributed by atoms with Gasteiger partial charge in [-0.25, -0.2) is 13.9 Å². The number of nitrogens with one attached hydrogen (secondary N) is 1. The van der Waals surface area contributed by atoms with Crippen LogP contribution in [-0.2, 0) is 34.5 Å². The monoisotopic (exact) mass is 447 g/mol. The first-order valence-corrected chi connectivity index (χ1v) is 10.9. The number of halogens is 2. The number of rotatable bonds is 2. The molecule has 2 aliphatic heterocycles. The number of aromatic nitrogens is 2. The highest BCUT2D eigenvalue weighted by Gasteiger charge is 2.48. The Hall–Kier alpha value is -2.81. The summed E-state index contributed by atoms with van der Waals surface area (Å²) in [7, 11) is 0. The third-order valence-corrected chi connectivity index (χ3v) is 6.73. The van der Waals surface area contributed by atoms with Gasteiger partial charge in [0.15, 0.2) is 11.4 Å². The molecule has 10 heteroatoms. The number of amides is 2. The Morgan fingerprint density at radius 1 is 1.32 bits per heavy atom. The fraction of sp³-hybridized carbons (Fsp3) is 0.476. The van der Waals surface area contributed by atoms with Gasteiger partial charge in [0.2, 0.25) is 5.91 Å². The van der Waals surface area contributed by atoms with Crippen LogP contribution in [0.5, 0.6) is 0 Å². The molecule has 2 aromatic rings. The fourth-order valence-corrected chi connectivity index (χ4v) is 5.12. The smallest absolute Gasteiger partial charge is 0.412 e. The normalized spacial score (nSPS) is 22.5. The number of hydrogen-bond acceptors (Lipinski definition) is 5. The minimum atomic E-state index is -1.28. The zero-order chi connectivity index (χ0) is 21.8. The van der Waals surface area contributed by atoms with Crippen molar-refractivity contribution >= 4 is 35.1 Å². The van der Waals surface area contributed by atoms with Crippen LogP contribution >= 0.6 is 11.6 Å². The van der Waals surface area contributed by atoms with E-state index >= 15 is 4.39 Å². The van der Waals surface area contributed by atoms with E-state index in [2.05, 4.69) is 10.4 Å². The molecular weight excluding hydrogens is 425 g/mol. The molecule has 0 radical (unpaired) electrons. The van der Waals surface area contributed by atoms with Crippen LogP contribution in [0.4, 0.5) is 20.7 Å². The van der Waals surface area contributed by atoms with Crippen molar-refractivity contribution in [3.05, 3.63) is 39.8 Å². The lowest BCUT2D eigenvalue weighted by molar-refractivity contribution is -0.140. The number of likely N-dealkylation sites (tertiary alicyclic amines) is 1. The molecule has 0 unspecified atom stereocenters. The SMILES string of the molecule is Nc1c2c(nn1CC(=O)N1CCC[C@@]3(C1)OC(=O)Nc1ccc(Cl)c(F)c13)CCCC2. The van der Waals surface area contributed by atoms with Crippen LogP contribution in [0, 0.1) is 5.82 Å². The number of nitrogens with zero attached hydrogens (tertiary/aromatic N) is 3. The van der Waals surface area contributed by atoms with Crippen LogP contribution in [0.3, 0.4) is 0 Å². The number of fused-ring (bicyclic) bond motifs is 3. The predicted octanol–water partition coefficient (Wildman–Crippen LogP) is 3.22. The highest BCUT2D eigenvalue weighted by molar-refractivity contribution is 6.31. The lowest BCUT2D eigenvalue weighted by atomic mass is 9.83. The van der Waals surface area contributed by atoms with E-state index in [-0.39, 0.29) is 29.6 Å². The van der Waals surface area contributed by atoms with E-state index < -0.39 is 17.5 Å². The molecular formula is C21H23ClFN5O3. The molecule has 1 aromatic heterocycles. The molecule has 2 amide bonds. The van der Waals surface area contributed by atoms with E-state index in [0.29, 0.717) is 30.9 Å². The molecule has 8 nitrogen and oxygen atoms in total. The first-order chi connectivity index (χ1) is 14.9. The number of hydrogen-bond donors (Lipinski definition) is 2. The number of anilines is 2. The molecule has 1 fully saturated rings. The molecule has 1 spiro atoms. The number of aryl methyl sites for hydroxylation is 1. The first-order valence-electron chi connectivity index (χ1n) is 10.5. The molecule has 1 aliphatic carbocycles. The Balaban J connectivity index is 1.43. The van der Waals surface area contributed by atoms with Crippen LogP contribution in [0.15, 0.2) is 12.1 Å². The largest absolute Gasteiger partial charge is 0.436 e. The minimum Gasteiger partial charge on any atom is -0.436 e. The first kappa shape index (κ1) is 20.1. The lowest BCUT2D eigenvalue weighted by Gasteiger charge is -2.45. The summed E-state index contributed by atoms with van der Waals surface area (Å²) in [5, 5.41) is 7.00. The third-order valence-electron chi connectivity index (χ3n) is 6.44. The summed E-state index contributed by atoms with van der Waals surface area (Å²) in [6.07, 6.45) is 4.15. The van der Waals surface area contributed by atoms with Crippen molar-refractivity contribution in [3.63, 3.8) is 0 Å². The summed E-state index contributed by atoms with van der Waals surface area (Å²) in [6.45, 7) is 0.514. The molecule has 3 N–H and O–H groups in total. The molecule has 0 bridgehead atoms. The average Bonchev–Trinajstić information content (AvgIpc) is 3.06. The summed E-state index contributed by atoms with van der Waals surface area (Å²) >= 11 is 6.01. The van der Waals surface area contributed by atoms with Crippen LogP contribution < -0.4 is 11.1 Å². The molecule has 1 aromatic carbocycles. The van der Waals surface area contributed by atoms with Gasteiger partial charge in [0.1, 0.15) is 12.4 Å². The van der Waals surface area contributed by atoms with Gasteiger partial charge in [0.05, 0.1) is 28.5 Å². The zero-order valence-corrected chi connectivity index (χ0v) is 17.7. The molecule has 3 heterocycles. The fourth-order valence-electron chi connectivity index (χ4n) is 4.97. The number of piperidine rings is 1. The quantitative estimate of drug-likeness (QED) is 0.735. The topological polar surface area (TPSA) is 102 Å². The minimum absolute atomic E-state index is 0.00794. The van der Waals surface area contributed by atoms with Gasteiger partial charge in [-0.3, -0.25) is 10.1 Å². The summed E-state index contributed by atoms with van der Waals surface area (Å²) in [4.78, 5) is 26.9. The Morgan fingerprint density at radius 3 is 2.94 bits per heavy atom. The maximum atomic E-state index is 15.0. The van der Waals surface area contributed by atoms with Crippen molar-refractivity contribution in [3.8, 4) is 0 Å². The Labute approximate surface area is 183 Å². The lowest BCUT2D eigenvalue weighted by Crippen LogP contribution is -2.54. The molecule has 31 heavy (non-hydrogen) atoms. The second-order valence-corrected chi connectivity index (χ2v) is 8.79. The zero-order valence-electron chi connectivity index (χ0n) is 16.9. The van der Waals surface area contributed by atoms with Crippen LogP contribution in [0.1, 0.15) is 42.5 Å². The molecule has 164 valence electrons. The molecule has 0 saturated carbocycles. The van der Waals surface area contributed by atoms with E-state index in [1.807, 2.05) is 0 Å². The van der Waals surface area contributed by atoms with Crippen molar-refractivity contribution in [2.24, 2.45) is 0 Å². The van der Waals surface area contributed by atoms with Crippen LogP contribution in [0.2, 0.25) is 5.02 Å². The Kier molecular flexibility index (Phi) is 4.80. The van der Waals surface area contributed by atoms with Crippen molar-refractivity contribution in [2.75, 3.05) is 24.1 Å². The Bertz CT molecular complexity index is 1090. The van der Waals surface area contributed by atoms with Crippen molar-refractivity contribution < 1.29 is 18.7 Å². The number of carbonyl (C=O) groups excluding carboxylic acids is 2. The second kappa shape index (κ2) is 7.40. The maximum Gasteiger partial charge on any atom is 0.412 e. The highest BCUT2D eigenvalue weighted by atomic mass is 35.5. The van der Waals surface area contributed by atoms with E-state index in [4.69, 9.17) is 22.1 Å². The highest BCUT2D eigenvalue weighted by Crippen LogP contribution is 2.45. The molecule has 1 atom stereocenters. The average molecular weight is 448 g/mol. The predicted molar refractivity (Wildman–Crippen MR) is 112 cm³/mol. The summed E-state index contributed by atoms with van der Waals surface area (Å²) in [6, 6.07) is 2.95. The Morgan fingerprint density at radius 2 is 2.13 bits per heavy atom. The van der Waals surface area contributed by atoms with Gasteiger partial charge in [0, 0.05) is 12.1 Å². The summed E-state index contributed by atoms with van der Waals surface area (Å²) in [5.74, 6) is -0.312. The van der Waals surface area contributed by atoms with Crippen molar-refractivity contribution in [1.29, 1.82) is 0 Å². The van der Waals surface area contributed by atoms with Gasteiger partial charge in [-0.15, -0.1) is 0 Å². The van der Waals surface area contributed by atoms with Crippen molar-refractivity contribution in [2.45, 2.75) is 50.7 Å².